The van der Waals surface area contributed by atoms with Crippen molar-refractivity contribution in [2.75, 3.05) is 41.7 Å². The molecule has 1 saturated heterocycles. The molecule has 0 amide bonds. The zero-order valence-electron chi connectivity index (χ0n) is 11.7. The van der Waals surface area contributed by atoms with Crippen molar-refractivity contribution < 1.29 is 0 Å². The molecule has 21 heavy (non-hydrogen) atoms. The number of piperazine rings is 1. The van der Waals surface area contributed by atoms with Crippen molar-refractivity contribution in [2.24, 2.45) is 0 Å². The lowest BCUT2D eigenvalue weighted by Crippen LogP contribution is -2.46. The summed E-state index contributed by atoms with van der Waals surface area (Å²) in [6.45, 7) is 3.60. The van der Waals surface area contributed by atoms with Crippen LogP contribution in [0.4, 0.5) is 17.1 Å². The van der Waals surface area contributed by atoms with E-state index >= 15 is 0 Å². The fraction of sp³-hybridized carbons (Fsp3) is 0.250. The molecule has 5 nitrogen and oxygen atoms in total. The standard InChI is InChI=1S/C16H17N5/c17-11-13-5-6-19-12-16(13)21-9-7-20(8-10-21)15-3-1-14(18)2-4-15/h1-6,12H,7-10,18H2. The summed E-state index contributed by atoms with van der Waals surface area (Å²) in [6, 6.07) is 12.0. The molecule has 1 aromatic carbocycles. The zero-order valence-corrected chi connectivity index (χ0v) is 11.7. The van der Waals surface area contributed by atoms with E-state index in [1.165, 1.54) is 5.69 Å². The third-order valence-corrected chi connectivity index (χ3v) is 3.80. The maximum Gasteiger partial charge on any atom is 0.101 e. The second kappa shape index (κ2) is 5.71. The Bertz CT molecular complexity index is 651. The summed E-state index contributed by atoms with van der Waals surface area (Å²) < 4.78 is 0. The fourth-order valence-electron chi connectivity index (χ4n) is 2.62. The number of aromatic nitrogens is 1. The number of nitrogens with zero attached hydrogens (tertiary/aromatic N) is 4. The van der Waals surface area contributed by atoms with E-state index in [1.54, 1.807) is 18.5 Å². The Hall–Kier alpha value is -2.74. The van der Waals surface area contributed by atoms with Crippen molar-refractivity contribution in [3.8, 4) is 6.07 Å². The Labute approximate surface area is 124 Å². The van der Waals surface area contributed by atoms with Gasteiger partial charge in [0.1, 0.15) is 6.07 Å². The van der Waals surface area contributed by atoms with Crippen LogP contribution >= 0.6 is 0 Å². The van der Waals surface area contributed by atoms with Crippen LogP contribution in [0.3, 0.4) is 0 Å². The minimum Gasteiger partial charge on any atom is -0.399 e. The monoisotopic (exact) mass is 279 g/mol. The largest absolute Gasteiger partial charge is 0.399 e. The SMILES string of the molecule is N#Cc1ccncc1N1CCN(c2ccc(N)cc2)CC1. The molecular formula is C16H17N5. The lowest BCUT2D eigenvalue weighted by Gasteiger charge is -2.37. The van der Waals surface area contributed by atoms with E-state index in [0.29, 0.717) is 5.56 Å². The molecule has 0 saturated carbocycles. The number of rotatable bonds is 2. The number of benzene rings is 1. The van der Waals surface area contributed by atoms with Gasteiger partial charge < -0.3 is 15.5 Å². The molecule has 1 aliphatic rings. The van der Waals surface area contributed by atoms with Crippen LogP contribution in [0, 0.1) is 11.3 Å². The average molecular weight is 279 g/mol. The van der Waals surface area contributed by atoms with Crippen molar-refractivity contribution in [2.45, 2.75) is 0 Å². The van der Waals surface area contributed by atoms with Crippen LogP contribution in [0.25, 0.3) is 0 Å². The Kier molecular flexibility index (Phi) is 3.61. The van der Waals surface area contributed by atoms with Gasteiger partial charge in [0, 0.05) is 43.8 Å². The highest BCUT2D eigenvalue weighted by atomic mass is 15.3. The first kappa shape index (κ1) is 13.3. The van der Waals surface area contributed by atoms with Gasteiger partial charge in [-0.1, -0.05) is 0 Å². The zero-order chi connectivity index (χ0) is 14.7. The molecule has 1 aromatic heterocycles. The fourth-order valence-corrected chi connectivity index (χ4v) is 2.62. The van der Waals surface area contributed by atoms with E-state index < -0.39 is 0 Å². The highest BCUT2D eigenvalue weighted by Gasteiger charge is 2.19. The minimum absolute atomic E-state index is 0.686. The van der Waals surface area contributed by atoms with Gasteiger partial charge in [0.15, 0.2) is 0 Å². The van der Waals surface area contributed by atoms with Crippen molar-refractivity contribution in [3.05, 3.63) is 48.3 Å². The maximum atomic E-state index is 9.18. The number of anilines is 3. The third kappa shape index (κ3) is 2.75. The summed E-state index contributed by atoms with van der Waals surface area (Å²) in [5.41, 5.74) is 9.31. The van der Waals surface area contributed by atoms with Crippen LogP contribution in [-0.4, -0.2) is 31.2 Å². The summed E-state index contributed by atoms with van der Waals surface area (Å²) in [5.74, 6) is 0. The normalized spacial score (nSPS) is 14.8. The third-order valence-electron chi connectivity index (χ3n) is 3.80. The molecule has 0 radical (unpaired) electrons. The van der Waals surface area contributed by atoms with Gasteiger partial charge in [0.2, 0.25) is 0 Å². The molecule has 0 bridgehead atoms. The van der Waals surface area contributed by atoms with Crippen LogP contribution in [0.5, 0.6) is 0 Å². The summed E-state index contributed by atoms with van der Waals surface area (Å²) in [7, 11) is 0. The molecule has 5 heteroatoms. The number of nitrogens with two attached hydrogens (primary N) is 1. The van der Waals surface area contributed by atoms with E-state index in [2.05, 4.69) is 33.0 Å². The van der Waals surface area contributed by atoms with Crippen LogP contribution in [0.15, 0.2) is 42.7 Å². The predicted molar refractivity (Wildman–Crippen MR) is 84.2 cm³/mol. The van der Waals surface area contributed by atoms with Crippen LogP contribution in [-0.2, 0) is 0 Å². The molecule has 1 fully saturated rings. The smallest absolute Gasteiger partial charge is 0.101 e. The number of nitriles is 1. The summed E-state index contributed by atoms with van der Waals surface area (Å²) in [4.78, 5) is 8.69. The van der Waals surface area contributed by atoms with E-state index in [4.69, 9.17) is 5.73 Å². The summed E-state index contributed by atoms with van der Waals surface area (Å²) in [6.07, 6.45) is 3.43. The predicted octanol–water partition coefficient (Wildman–Crippen LogP) is 1.86. The lowest BCUT2D eigenvalue weighted by molar-refractivity contribution is 0.652. The van der Waals surface area contributed by atoms with Crippen LogP contribution in [0.1, 0.15) is 5.56 Å². The summed E-state index contributed by atoms with van der Waals surface area (Å²) >= 11 is 0. The van der Waals surface area contributed by atoms with Crippen LogP contribution < -0.4 is 15.5 Å². The Balaban J connectivity index is 1.70. The minimum atomic E-state index is 0.686. The van der Waals surface area contributed by atoms with Gasteiger partial charge in [-0.15, -0.1) is 0 Å². The van der Waals surface area contributed by atoms with Gasteiger partial charge >= 0.3 is 0 Å². The van der Waals surface area contributed by atoms with Gasteiger partial charge in [-0.2, -0.15) is 5.26 Å². The molecule has 0 atom stereocenters. The molecule has 0 aliphatic carbocycles. The second-order valence-electron chi connectivity index (χ2n) is 5.07. The first-order valence-corrected chi connectivity index (χ1v) is 6.97. The Morgan fingerprint density at radius 3 is 2.33 bits per heavy atom. The maximum absolute atomic E-state index is 9.18. The van der Waals surface area contributed by atoms with Gasteiger partial charge in [-0.25, -0.2) is 0 Å². The Morgan fingerprint density at radius 1 is 1.00 bits per heavy atom. The van der Waals surface area contributed by atoms with Gasteiger partial charge in [-0.05, 0) is 30.3 Å². The molecule has 2 N–H and O–H groups in total. The van der Waals surface area contributed by atoms with Crippen molar-refractivity contribution in [1.82, 2.24) is 4.98 Å². The number of nitrogen functional groups attached to an aromatic ring is 1. The molecular weight excluding hydrogens is 262 g/mol. The topological polar surface area (TPSA) is 69.2 Å². The van der Waals surface area contributed by atoms with Gasteiger partial charge in [0.05, 0.1) is 17.4 Å². The number of hydrogen-bond donors (Lipinski definition) is 1. The summed E-state index contributed by atoms with van der Waals surface area (Å²) in [5, 5.41) is 9.18. The van der Waals surface area contributed by atoms with Crippen LogP contribution in [0.2, 0.25) is 0 Å². The van der Waals surface area contributed by atoms with Crippen molar-refractivity contribution >= 4 is 17.1 Å². The quantitative estimate of drug-likeness (QED) is 0.850. The average Bonchev–Trinajstić information content (AvgIpc) is 2.56. The van der Waals surface area contributed by atoms with E-state index in [-0.39, 0.29) is 0 Å². The van der Waals surface area contributed by atoms with E-state index in [1.807, 2.05) is 12.1 Å². The first-order chi connectivity index (χ1) is 10.3. The molecule has 3 rings (SSSR count). The molecule has 0 spiro atoms. The molecule has 2 aromatic rings. The second-order valence-corrected chi connectivity index (χ2v) is 5.07. The van der Waals surface area contributed by atoms with Crippen molar-refractivity contribution in [1.29, 1.82) is 5.26 Å². The van der Waals surface area contributed by atoms with Gasteiger partial charge in [0.25, 0.3) is 0 Å². The van der Waals surface area contributed by atoms with E-state index in [9.17, 15) is 5.26 Å². The van der Waals surface area contributed by atoms with Crippen molar-refractivity contribution in [3.63, 3.8) is 0 Å². The van der Waals surface area contributed by atoms with E-state index in [0.717, 1.165) is 37.6 Å². The number of pyridine rings is 1. The molecule has 0 unspecified atom stereocenters. The lowest BCUT2D eigenvalue weighted by atomic mass is 10.2. The highest BCUT2D eigenvalue weighted by molar-refractivity contribution is 5.59. The first-order valence-electron chi connectivity index (χ1n) is 6.97. The molecule has 2 heterocycles. The number of hydrogen-bond acceptors (Lipinski definition) is 5. The van der Waals surface area contributed by atoms with Gasteiger partial charge in [-0.3, -0.25) is 4.98 Å². The molecule has 106 valence electrons. The Morgan fingerprint density at radius 2 is 1.67 bits per heavy atom. The molecule has 1 aliphatic heterocycles. The highest BCUT2D eigenvalue weighted by Crippen LogP contribution is 2.23.